The fourth-order valence-corrected chi connectivity index (χ4v) is 4.04. The Balaban J connectivity index is 1.42. The fourth-order valence-electron chi connectivity index (χ4n) is 3.71. The van der Waals surface area contributed by atoms with Crippen LogP contribution in [0.3, 0.4) is 0 Å². The van der Waals surface area contributed by atoms with E-state index in [-0.39, 0.29) is 5.82 Å². The highest BCUT2D eigenvalue weighted by atomic mass is 79.9. The summed E-state index contributed by atoms with van der Waals surface area (Å²) in [6, 6.07) is 5.86. The van der Waals surface area contributed by atoms with E-state index in [4.69, 9.17) is 4.74 Å². The van der Waals surface area contributed by atoms with Gasteiger partial charge in [-0.2, -0.15) is 0 Å². The summed E-state index contributed by atoms with van der Waals surface area (Å²) < 4.78 is 20.1. The zero-order valence-corrected chi connectivity index (χ0v) is 17.0. The Morgan fingerprint density at radius 2 is 2.15 bits per heavy atom. The van der Waals surface area contributed by atoms with Gasteiger partial charge in [0.15, 0.2) is 5.96 Å². The van der Waals surface area contributed by atoms with Crippen LogP contribution in [0.25, 0.3) is 0 Å². The lowest BCUT2D eigenvalue weighted by Gasteiger charge is -2.32. The molecule has 3 rings (SSSR count). The molecule has 0 bridgehead atoms. The SMILES string of the molecule is CN=C(NCCCc1ccc(Br)cc1F)N1CCC(N2CCOCC2)C1. The van der Waals surface area contributed by atoms with Crippen LogP contribution in [0.4, 0.5) is 4.39 Å². The minimum absolute atomic E-state index is 0.142. The van der Waals surface area contributed by atoms with Crippen LogP contribution in [-0.2, 0) is 11.2 Å². The molecular formula is C19H28BrFN4O. The summed E-state index contributed by atoms with van der Waals surface area (Å²) in [5, 5.41) is 3.44. The zero-order chi connectivity index (χ0) is 18.4. The van der Waals surface area contributed by atoms with E-state index < -0.39 is 0 Å². The Labute approximate surface area is 163 Å². The molecule has 1 atom stereocenters. The van der Waals surface area contributed by atoms with E-state index in [1.807, 2.05) is 19.2 Å². The number of ether oxygens (including phenoxy) is 1. The van der Waals surface area contributed by atoms with Crippen molar-refractivity contribution in [2.75, 3.05) is 53.0 Å². The normalized spacial score (nSPS) is 22.0. The first-order valence-electron chi connectivity index (χ1n) is 9.38. The maximum absolute atomic E-state index is 13.9. The van der Waals surface area contributed by atoms with E-state index in [1.54, 1.807) is 0 Å². The van der Waals surface area contributed by atoms with E-state index >= 15 is 0 Å². The van der Waals surface area contributed by atoms with Crippen molar-refractivity contribution < 1.29 is 9.13 Å². The van der Waals surface area contributed by atoms with Gasteiger partial charge in [-0.25, -0.2) is 4.39 Å². The molecule has 1 aromatic rings. The molecule has 1 aromatic carbocycles. The number of guanidine groups is 1. The standard InChI is InChI=1S/C19H28BrFN4O/c1-22-19(23-7-2-3-15-4-5-16(20)13-18(15)21)25-8-6-17(14-25)24-9-11-26-12-10-24/h4-5,13,17H,2-3,6-12,14H2,1H3,(H,22,23). The monoisotopic (exact) mass is 426 g/mol. The molecule has 2 saturated heterocycles. The number of morpholine rings is 1. The first-order chi connectivity index (χ1) is 12.7. The third-order valence-electron chi connectivity index (χ3n) is 5.16. The summed E-state index contributed by atoms with van der Waals surface area (Å²) in [5.74, 6) is 0.814. The number of nitrogens with zero attached hydrogens (tertiary/aromatic N) is 3. The van der Waals surface area contributed by atoms with Gasteiger partial charge in [-0.3, -0.25) is 9.89 Å². The van der Waals surface area contributed by atoms with E-state index in [0.717, 1.165) is 74.8 Å². The van der Waals surface area contributed by atoms with Crippen molar-refractivity contribution in [3.8, 4) is 0 Å². The molecule has 2 aliphatic rings. The number of rotatable bonds is 5. The van der Waals surface area contributed by atoms with Gasteiger partial charge in [0.1, 0.15) is 5.82 Å². The third-order valence-corrected chi connectivity index (χ3v) is 5.65. The van der Waals surface area contributed by atoms with E-state index in [1.165, 1.54) is 12.5 Å². The largest absolute Gasteiger partial charge is 0.379 e. The van der Waals surface area contributed by atoms with E-state index in [9.17, 15) is 4.39 Å². The lowest BCUT2D eigenvalue weighted by atomic mass is 10.1. The second kappa shape index (κ2) is 9.67. The Morgan fingerprint density at radius 1 is 1.35 bits per heavy atom. The summed E-state index contributed by atoms with van der Waals surface area (Å²) in [4.78, 5) is 9.30. The number of aryl methyl sites for hydroxylation is 1. The van der Waals surface area contributed by atoms with Crippen molar-refractivity contribution in [2.45, 2.75) is 25.3 Å². The minimum atomic E-state index is -0.142. The maximum atomic E-state index is 13.9. The molecule has 144 valence electrons. The second-order valence-corrected chi connectivity index (χ2v) is 7.77. The topological polar surface area (TPSA) is 40.1 Å². The van der Waals surface area contributed by atoms with Gasteiger partial charge in [-0.15, -0.1) is 0 Å². The van der Waals surface area contributed by atoms with Crippen molar-refractivity contribution in [3.63, 3.8) is 0 Å². The number of nitrogens with one attached hydrogen (secondary N) is 1. The first kappa shape index (κ1) is 19.6. The first-order valence-corrected chi connectivity index (χ1v) is 10.2. The number of likely N-dealkylation sites (tertiary alicyclic amines) is 1. The van der Waals surface area contributed by atoms with E-state index in [0.29, 0.717) is 6.04 Å². The van der Waals surface area contributed by atoms with Crippen LogP contribution in [-0.4, -0.2) is 74.8 Å². The zero-order valence-electron chi connectivity index (χ0n) is 15.4. The summed E-state index contributed by atoms with van der Waals surface area (Å²) in [6.07, 6.45) is 2.77. The van der Waals surface area contributed by atoms with Crippen molar-refractivity contribution in [1.29, 1.82) is 0 Å². The predicted octanol–water partition coefficient (Wildman–Crippen LogP) is 2.50. The van der Waals surface area contributed by atoms with Gasteiger partial charge < -0.3 is 15.0 Å². The quantitative estimate of drug-likeness (QED) is 0.446. The lowest BCUT2D eigenvalue weighted by Crippen LogP contribution is -2.46. The molecule has 1 unspecified atom stereocenters. The molecule has 2 heterocycles. The summed E-state index contributed by atoms with van der Waals surface area (Å²) in [5.41, 5.74) is 0.763. The summed E-state index contributed by atoms with van der Waals surface area (Å²) >= 11 is 3.29. The van der Waals surface area contributed by atoms with Crippen molar-refractivity contribution >= 4 is 21.9 Å². The molecule has 5 nitrogen and oxygen atoms in total. The van der Waals surface area contributed by atoms with Crippen molar-refractivity contribution in [1.82, 2.24) is 15.1 Å². The number of hydrogen-bond donors (Lipinski definition) is 1. The lowest BCUT2D eigenvalue weighted by molar-refractivity contribution is 0.0195. The van der Waals surface area contributed by atoms with Gasteiger partial charge in [0, 0.05) is 50.3 Å². The van der Waals surface area contributed by atoms with Gasteiger partial charge in [0.2, 0.25) is 0 Å². The minimum Gasteiger partial charge on any atom is -0.379 e. The van der Waals surface area contributed by atoms with Crippen molar-refractivity contribution in [2.24, 2.45) is 4.99 Å². The molecule has 0 aromatic heterocycles. The molecule has 1 N–H and O–H groups in total. The third kappa shape index (κ3) is 5.18. The van der Waals surface area contributed by atoms with Crippen LogP contribution in [0.15, 0.2) is 27.7 Å². The van der Waals surface area contributed by atoms with Crippen LogP contribution in [0.5, 0.6) is 0 Å². The van der Waals surface area contributed by atoms with Crippen molar-refractivity contribution in [3.05, 3.63) is 34.1 Å². The van der Waals surface area contributed by atoms with E-state index in [2.05, 4.69) is 36.0 Å². The Hall–Kier alpha value is -1.18. The number of hydrogen-bond acceptors (Lipinski definition) is 3. The van der Waals surface area contributed by atoms with Crippen LogP contribution >= 0.6 is 15.9 Å². The highest BCUT2D eigenvalue weighted by Crippen LogP contribution is 2.18. The number of benzene rings is 1. The highest BCUT2D eigenvalue weighted by molar-refractivity contribution is 9.10. The number of halogens is 2. The smallest absolute Gasteiger partial charge is 0.193 e. The molecule has 0 spiro atoms. The average molecular weight is 427 g/mol. The van der Waals surface area contributed by atoms with Gasteiger partial charge in [0.05, 0.1) is 13.2 Å². The van der Waals surface area contributed by atoms with Crippen LogP contribution in [0, 0.1) is 5.82 Å². The van der Waals surface area contributed by atoms with Crippen LogP contribution in [0.1, 0.15) is 18.4 Å². The highest BCUT2D eigenvalue weighted by Gasteiger charge is 2.30. The molecule has 2 aliphatic heterocycles. The molecule has 7 heteroatoms. The molecule has 0 saturated carbocycles. The average Bonchev–Trinajstić information content (AvgIpc) is 3.14. The Morgan fingerprint density at radius 3 is 2.88 bits per heavy atom. The molecular weight excluding hydrogens is 399 g/mol. The predicted molar refractivity (Wildman–Crippen MR) is 106 cm³/mol. The Kier molecular flexibility index (Phi) is 7.28. The fraction of sp³-hybridized carbons (Fsp3) is 0.632. The van der Waals surface area contributed by atoms with Gasteiger partial charge in [0.25, 0.3) is 0 Å². The molecule has 26 heavy (non-hydrogen) atoms. The molecule has 0 amide bonds. The molecule has 2 fully saturated rings. The van der Waals surface area contributed by atoms with Gasteiger partial charge >= 0.3 is 0 Å². The van der Waals surface area contributed by atoms with Gasteiger partial charge in [-0.05, 0) is 37.0 Å². The number of aliphatic imine (C=N–C) groups is 1. The summed E-state index contributed by atoms with van der Waals surface area (Å²) in [6.45, 7) is 6.59. The maximum Gasteiger partial charge on any atom is 0.193 e. The van der Waals surface area contributed by atoms with Gasteiger partial charge in [-0.1, -0.05) is 22.0 Å². The van der Waals surface area contributed by atoms with Crippen LogP contribution in [0.2, 0.25) is 0 Å². The van der Waals surface area contributed by atoms with Crippen LogP contribution < -0.4 is 5.32 Å². The second-order valence-electron chi connectivity index (χ2n) is 6.85. The summed E-state index contributed by atoms with van der Waals surface area (Å²) in [7, 11) is 1.83. The molecule has 0 aliphatic carbocycles. The molecule has 0 radical (unpaired) electrons. The Bertz CT molecular complexity index is 622.